The van der Waals surface area contributed by atoms with Crippen LogP contribution in [-0.2, 0) is 16.4 Å². The van der Waals surface area contributed by atoms with E-state index in [-0.39, 0.29) is 17.9 Å². The third-order valence-corrected chi connectivity index (χ3v) is 6.23. The van der Waals surface area contributed by atoms with Gasteiger partial charge < -0.3 is 4.74 Å². The maximum atomic E-state index is 12.6. The Labute approximate surface area is 163 Å². The van der Waals surface area contributed by atoms with Crippen LogP contribution in [0.4, 0.5) is 5.69 Å². The summed E-state index contributed by atoms with van der Waals surface area (Å²) in [5, 5.41) is 0.164. The number of benzene rings is 2. The van der Waals surface area contributed by atoms with Gasteiger partial charge in [0.1, 0.15) is 5.75 Å². The first kappa shape index (κ1) is 20.6. The average Bonchev–Trinajstić information content (AvgIpc) is 2.57. The SMILES string of the molecule is COc1ccc(C(=O)Cc2ccc(Cl)c(Cl)c2)cc1NS(=O)(=O)C(C)C. The van der Waals surface area contributed by atoms with Crippen molar-refractivity contribution in [2.24, 2.45) is 0 Å². The lowest BCUT2D eigenvalue weighted by Gasteiger charge is -2.15. The third-order valence-electron chi connectivity index (χ3n) is 3.74. The van der Waals surface area contributed by atoms with Crippen LogP contribution in [0.25, 0.3) is 0 Å². The van der Waals surface area contributed by atoms with Crippen LogP contribution in [0.15, 0.2) is 36.4 Å². The number of anilines is 1. The molecular formula is C18H19Cl2NO4S. The van der Waals surface area contributed by atoms with E-state index in [9.17, 15) is 13.2 Å². The fourth-order valence-electron chi connectivity index (χ4n) is 2.17. The molecule has 0 saturated carbocycles. The number of sulfonamides is 1. The largest absolute Gasteiger partial charge is 0.495 e. The Balaban J connectivity index is 2.30. The molecule has 0 unspecified atom stereocenters. The molecule has 0 aliphatic heterocycles. The molecule has 26 heavy (non-hydrogen) atoms. The summed E-state index contributed by atoms with van der Waals surface area (Å²) >= 11 is 11.9. The van der Waals surface area contributed by atoms with Gasteiger partial charge in [-0.15, -0.1) is 0 Å². The van der Waals surface area contributed by atoms with Crippen LogP contribution in [0.2, 0.25) is 10.0 Å². The quantitative estimate of drug-likeness (QED) is 0.671. The van der Waals surface area contributed by atoms with Crippen LogP contribution in [-0.4, -0.2) is 26.6 Å². The lowest BCUT2D eigenvalue weighted by Crippen LogP contribution is -2.23. The molecule has 0 bridgehead atoms. The number of ether oxygens (including phenoxy) is 1. The van der Waals surface area contributed by atoms with Gasteiger partial charge in [-0.1, -0.05) is 29.3 Å². The molecule has 2 rings (SSSR count). The molecule has 0 atom stereocenters. The molecule has 0 radical (unpaired) electrons. The summed E-state index contributed by atoms with van der Waals surface area (Å²) in [7, 11) is -2.14. The molecule has 2 aromatic rings. The first-order chi connectivity index (χ1) is 12.1. The minimum Gasteiger partial charge on any atom is -0.495 e. The fourth-order valence-corrected chi connectivity index (χ4v) is 3.19. The number of methoxy groups -OCH3 is 1. The normalized spacial score (nSPS) is 11.5. The van der Waals surface area contributed by atoms with Crippen molar-refractivity contribution in [3.63, 3.8) is 0 Å². The second-order valence-electron chi connectivity index (χ2n) is 5.96. The number of hydrogen-bond acceptors (Lipinski definition) is 4. The van der Waals surface area contributed by atoms with Gasteiger partial charge in [0.25, 0.3) is 0 Å². The zero-order chi connectivity index (χ0) is 19.5. The molecule has 1 N–H and O–H groups in total. The van der Waals surface area contributed by atoms with E-state index in [4.69, 9.17) is 27.9 Å². The molecule has 8 heteroatoms. The Morgan fingerprint density at radius 1 is 1.12 bits per heavy atom. The average molecular weight is 416 g/mol. The van der Waals surface area contributed by atoms with Crippen molar-refractivity contribution in [2.75, 3.05) is 11.8 Å². The van der Waals surface area contributed by atoms with E-state index >= 15 is 0 Å². The van der Waals surface area contributed by atoms with Crippen LogP contribution in [0.1, 0.15) is 29.8 Å². The number of halogens is 2. The molecule has 0 saturated heterocycles. The summed E-state index contributed by atoms with van der Waals surface area (Å²) < 4.78 is 31.9. The smallest absolute Gasteiger partial charge is 0.235 e. The molecule has 0 aromatic heterocycles. The highest BCUT2D eigenvalue weighted by Crippen LogP contribution is 2.28. The molecule has 140 valence electrons. The van der Waals surface area contributed by atoms with Gasteiger partial charge in [0.15, 0.2) is 5.78 Å². The monoisotopic (exact) mass is 415 g/mol. The molecule has 0 fully saturated rings. The van der Waals surface area contributed by atoms with Crippen LogP contribution >= 0.6 is 23.2 Å². The van der Waals surface area contributed by atoms with Crippen molar-refractivity contribution in [3.8, 4) is 5.75 Å². The summed E-state index contributed by atoms with van der Waals surface area (Å²) in [4.78, 5) is 12.6. The van der Waals surface area contributed by atoms with Gasteiger partial charge in [-0.3, -0.25) is 9.52 Å². The highest BCUT2D eigenvalue weighted by Gasteiger charge is 2.19. The maximum Gasteiger partial charge on any atom is 0.235 e. The maximum absolute atomic E-state index is 12.6. The Morgan fingerprint density at radius 2 is 1.81 bits per heavy atom. The number of carbonyl (C=O) groups is 1. The second kappa shape index (κ2) is 8.29. The van der Waals surface area contributed by atoms with Crippen molar-refractivity contribution in [3.05, 3.63) is 57.6 Å². The first-order valence-electron chi connectivity index (χ1n) is 7.81. The molecule has 0 aliphatic rings. The molecule has 5 nitrogen and oxygen atoms in total. The van der Waals surface area contributed by atoms with Crippen molar-refractivity contribution in [2.45, 2.75) is 25.5 Å². The van der Waals surface area contributed by atoms with E-state index in [0.29, 0.717) is 26.9 Å². The number of ketones is 1. The number of rotatable bonds is 7. The van der Waals surface area contributed by atoms with Crippen LogP contribution < -0.4 is 9.46 Å². The van der Waals surface area contributed by atoms with Gasteiger partial charge in [0.2, 0.25) is 10.0 Å². The summed E-state index contributed by atoms with van der Waals surface area (Å²) in [6.07, 6.45) is 0.111. The van der Waals surface area contributed by atoms with Gasteiger partial charge >= 0.3 is 0 Å². The Kier molecular flexibility index (Phi) is 6.55. The summed E-state index contributed by atoms with van der Waals surface area (Å²) in [5.41, 5.74) is 1.30. The Bertz CT molecular complexity index is 927. The third kappa shape index (κ3) is 4.90. The number of hydrogen-bond donors (Lipinski definition) is 1. The highest BCUT2D eigenvalue weighted by molar-refractivity contribution is 7.93. The molecule has 0 aliphatic carbocycles. The zero-order valence-corrected chi connectivity index (χ0v) is 16.9. The van der Waals surface area contributed by atoms with Crippen molar-refractivity contribution >= 4 is 44.7 Å². The predicted octanol–water partition coefficient (Wildman–Crippen LogP) is 4.58. The summed E-state index contributed by atoms with van der Waals surface area (Å²) in [6.45, 7) is 3.13. The molecule has 0 amide bonds. The van der Waals surface area contributed by atoms with E-state index in [0.717, 1.165) is 0 Å². The Hall–Kier alpha value is -1.76. The van der Waals surface area contributed by atoms with E-state index in [1.54, 1.807) is 44.2 Å². The zero-order valence-electron chi connectivity index (χ0n) is 14.5. The van der Waals surface area contributed by atoms with Crippen LogP contribution in [0, 0.1) is 0 Å². The van der Waals surface area contributed by atoms with Gasteiger partial charge in [-0.2, -0.15) is 0 Å². The van der Waals surface area contributed by atoms with Crippen molar-refractivity contribution in [1.29, 1.82) is 0 Å². The van der Waals surface area contributed by atoms with E-state index in [1.807, 2.05) is 0 Å². The predicted molar refractivity (Wildman–Crippen MR) is 105 cm³/mol. The van der Waals surface area contributed by atoms with Crippen LogP contribution in [0.3, 0.4) is 0 Å². The van der Waals surface area contributed by atoms with E-state index < -0.39 is 15.3 Å². The minimum atomic E-state index is -3.57. The lowest BCUT2D eigenvalue weighted by molar-refractivity contribution is 0.0993. The summed E-state index contributed by atoms with van der Waals surface area (Å²) in [6, 6.07) is 9.60. The van der Waals surface area contributed by atoms with E-state index in [2.05, 4.69) is 4.72 Å². The second-order valence-corrected chi connectivity index (χ2v) is 9.01. The molecule has 0 heterocycles. The van der Waals surface area contributed by atoms with Crippen molar-refractivity contribution < 1.29 is 17.9 Å². The fraction of sp³-hybridized carbons (Fsp3) is 0.278. The van der Waals surface area contributed by atoms with Gasteiger partial charge in [0, 0.05) is 12.0 Å². The van der Waals surface area contributed by atoms with Gasteiger partial charge in [0.05, 0.1) is 28.1 Å². The molecule has 0 spiro atoms. The first-order valence-corrected chi connectivity index (χ1v) is 10.1. The topological polar surface area (TPSA) is 72.5 Å². The van der Waals surface area contributed by atoms with E-state index in [1.165, 1.54) is 13.2 Å². The number of carbonyl (C=O) groups excluding carboxylic acids is 1. The summed E-state index contributed by atoms with van der Waals surface area (Å²) in [5.74, 6) is 0.149. The number of Topliss-reactive ketones (excluding diaryl/α,β-unsaturated/α-hetero) is 1. The highest BCUT2D eigenvalue weighted by atomic mass is 35.5. The standard InChI is InChI=1S/C18H19Cl2NO4S/c1-11(2)26(23,24)21-16-10-13(5-7-18(16)25-3)17(22)9-12-4-6-14(19)15(20)8-12/h4-8,10-11,21H,9H2,1-3H3. The lowest BCUT2D eigenvalue weighted by atomic mass is 10.0. The van der Waals surface area contributed by atoms with Crippen LogP contribution in [0.5, 0.6) is 5.75 Å². The number of nitrogens with one attached hydrogen (secondary N) is 1. The van der Waals surface area contributed by atoms with Gasteiger partial charge in [-0.05, 0) is 49.7 Å². The Morgan fingerprint density at radius 3 is 2.38 bits per heavy atom. The van der Waals surface area contributed by atoms with Gasteiger partial charge in [-0.25, -0.2) is 8.42 Å². The molecular weight excluding hydrogens is 397 g/mol. The minimum absolute atomic E-state index is 0.111. The van der Waals surface area contributed by atoms with Crippen molar-refractivity contribution in [1.82, 2.24) is 0 Å². The molecule has 2 aromatic carbocycles.